The maximum atomic E-state index is 2.64. The molecule has 0 N–H and O–H groups in total. The first kappa shape index (κ1) is 8.05. The lowest BCUT2D eigenvalue weighted by Crippen LogP contribution is -2.34. The summed E-state index contributed by atoms with van der Waals surface area (Å²) in [6.07, 6.45) is 4.17. The predicted octanol–water partition coefficient (Wildman–Crippen LogP) is 2.56. The van der Waals surface area contributed by atoms with Crippen LogP contribution in [0.5, 0.6) is 0 Å². The summed E-state index contributed by atoms with van der Waals surface area (Å²) in [5.41, 5.74) is 1.60. The summed E-state index contributed by atoms with van der Waals surface area (Å²) in [4.78, 5) is 2.64. The van der Waals surface area contributed by atoms with Crippen molar-refractivity contribution in [3.05, 3.63) is 9.15 Å². The molecule has 0 amide bonds. The third-order valence-corrected chi connectivity index (χ3v) is 4.18. The van der Waals surface area contributed by atoms with Crippen molar-refractivity contribution in [1.82, 2.24) is 4.90 Å². The normalized spacial score (nSPS) is 32.7. The largest absolute Gasteiger partial charge is 0.296 e. The van der Waals surface area contributed by atoms with Gasteiger partial charge in [0.2, 0.25) is 0 Å². The average Bonchev–Trinajstić information content (AvgIpc) is 2.36. The minimum atomic E-state index is 0.894. The van der Waals surface area contributed by atoms with E-state index in [-0.39, 0.29) is 0 Å². The topological polar surface area (TPSA) is 3.24 Å². The SMILES string of the molecule is CC1=C(I)CC2CCCN2C1. The Kier molecular flexibility index (Phi) is 2.23. The van der Waals surface area contributed by atoms with Gasteiger partial charge in [-0.15, -0.1) is 0 Å². The number of rotatable bonds is 0. The maximum absolute atomic E-state index is 2.64. The van der Waals surface area contributed by atoms with Crippen molar-refractivity contribution in [2.24, 2.45) is 0 Å². The van der Waals surface area contributed by atoms with Crippen LogP contribution in [-0.2, 0) is 0 Å². The molecule has 0 bridgehead atoms. The van der Waals surface area contributed by atoms with Gasteiger partial charge in [0.1, 0.15) is 0 Å². The zero-order valence-corrected chi connectivity index (χ0v) is 9.10. The van der Waals surface area contributed by atoms with E-state index >= 15 is 0 Å². The Morgan fingerprint density at radius 1 is 1.55 bits per heavy atom. The molecule has 0 aromatic rings. The predicted molar refractivity (Wildman–Crippen MR) is 55.9 cm³/mol. The van der Waals surface area contributed by atoms with Gasteiger partial charge in [0.15, 0.2) is 0 Å². The van der Waals surface area contributed by atoms with Gasteiger partial charge in [0.25, 0.3) is 0 Å². The Morgan fingerprint density at radius 2 is 2.36 bits per heavy atom. The van der Waals surface area contributed by atoms with Crippen LogP contribution >= 0.6 is 22.6 Å². The zero-order chi connectivity index (χ0) is 7.84. The van der Waals surface area contributed by atoms with Gasteiger partial charge in [0.05, 0.1) is 0 Å². The van der Waals surface area contributed by atoms with Crippen LogP contribution in [0.15, 0.2) is 9.15 Å². The number of halogens is 1. The summed E-state index contributed by atoms with van der Waals surface area (Å²) in [6, 6.07) is 0.894. The van der Waals surface area contributed by atoms with Gasteiger partial charge in [-0.3, -0.25) is 4.90 Å². The van der Waals surface area contributed by atoms with E-state index in [2.05, 4.69) is 34.4 Å². The highest BCUT2D eigenvalue weighted by Crippen LogP contribution is 2.32. The van der Waals surface area contributed by atoms with Gasteiger partial charge in [-0.05, 0) is 64.5 Å². The molecule has 1 nitrogen and oxygen atoms in total. The lowest BCUT2D eigenvalue weighted by Gasteiger charge is -2.30. The van der Waals surface area contributed by atoms with Crippen LogP contribution in [0.25, 0.3) is 0 Å². The fourth-order valence-corrected chi connectivity index (χ4v) is 2.78. The minimum Gasteiger partial charge on any atom is -0.296 e. The van der Waals surface area contributed by atoms with E-state index in [1.807, 2.05) is 0 Å². The van der Waals surface area contributed by atoms with E-state index in [0.717, 1.165) is 6.04 Å². The Bertz CT molecular complexity index is 178. The van der Waals surface area contributed by atoms with Crippen LogP contribution in [0.3, 0.4) is 0 Å². The lowest BCUT2D eigenvalue weighted by molar-refractivity contribution is 0.262. The quantitative estimate of drug-likeness (QED) is 0.607. The first-order valence-corrected chi connectivity index (χ1v) is 5.43. The van der Waals surface area contributed by atoms with Crippen LogP contribution < -0.4 is 0 Å². The Morgan fingerprint density at radius 3 is 3.18 bits per heavy atom. The van der Waals surface area contributed by atoms with Crippen molar-refractivity contribution in [2.45, 2.75) is 32.2 Å². The molecule has 11 heavy (non-hydrogen) atoms. The van der Waals surface area contributed by atoms with Gasteiger partial charge >= 0.3 is 0 Å². The van der Waals surface area contributed by atoms with E-state index in [1.54, 1.807) is 9.15 Å². The van der Waals surface area contributed by atoms with Crippen LogP contribution in [-0.4, -0.2) is 24.0 Å². The Labute approximate surface area is 82.0 Å². The molecule has 1 unspecified atom stereocenters. The van der Waals surface area contributed by atoms with E-state index in [1.165, 1.54) is 32.4 Å². The van der Waals surface area contributed by atoms with Gasteiger partial charge in [-0.1, -0.05) is 0 Å². The van der Waals surface area contributed by atoms with E-state index in [4.69, 9.17) is 0 Å². The number of nitrogens with zero attached hydrogens (tertiary/aromatic N) is 1. The molecule has 0 aliphatic carbocycles. The standard InChI is InChI=1S/C9H14IN/c1-7-6-11-4-2-3-8(11)5-9(7)10/h8H,2-6H2,1H3. The molecule has 0 aromatic heterocycles. The average molecular weight is 263 g/mol. The van der Waals surface area contributed by atoms with Crippen molar-refractivity contribution in [3.8, 4) is 0 Å². The molecule has 1 atom stereocenters. The number of fused-ring (bicyclic) bond motifs is 1. The molecule has 1 saturated heterocycles. The van der Waals surface area contributed by atoms with Crippen LogP contribution in [0.2, 0.25) is 0 Å². The molecule has 2 aliphatic rings. The molecule has 1 fully saturated rings. The summed E-state index contributed by atoms with van der Waals surface area (Å²) in [5.74, 6) is 0. The first-order chi connectivity index (χ1) is 5.27. The van der Waals surface area contributed by atoms with E-state index < -0.39 is 0 Å². The molecule has 2 heterocycles. The smallest absolute Gasteiger partial charge is 0.0203 e. The minimum absolute atomic E-state index is 0.894. The molecule has 2 rings (SSSR count). The van der Waals surface area contributed by atoms with Crippen LogP contribution in [0, 0.1) is 0 Å². The second kappa shape index (κ2) is 3.05. The molecule has 0 aromatic carbocycles. The van der Waals surface area contributed by atoms with Crippen molar-refractivity contribution >= 4 is 22.6 Å². The molecular weight excluding hydrogens is 249 g/mol. The molecule has 0 saturated carbocycles. The summed E-state index contributed by atoms with van der Waals surface area (Å²) in [7, 11) is 0. The Balaban J connectivity index is 2.14. The third kappa shape index (κ3) is 1.47. The van der Waals surface area contributed by atoms with Gasteiger partial charge < -0.3 is 0 Å². The molecule has 2 aliphatic heterocycles. The molecule has 0 spiro atoms. The summed E-state index contributed by atoms with van der Waals surface area (Å²) in [6.45, 7) is 4.85. The molecule has 0 radical (unpaired) electrons. The van der Waals surface area contributed by atoms with E-state index in [0.29, 0.717) is 0 Å². The highest BCUT2D eigenvalue weighted by atomic mass is 127. The molecular formula is C9H14IN. The summed E-state index contributed by atoms with van der Waals surface area (Å²) in [5, 5.41) is 0. The summed E-state index contributed by atoms with van der Waals surface area (Å²) >= 11 is 2.51. The van der Waals surface area contributed by atoms with Crippen molar-refractivity contribution in [3.63, 3.8) is 0 Å². The number of hydrogen-bond acceptors (Lipinski definition) is 1. The first-order valence-electron chi connectivity index (χ1n) is 4.35. The van der Waals surface area contributed by atoms with Crippen molar-refractivity contribution in [1.29, 1.82) is 0 Å². The van der Waals surface area contributed by atoms with Gasteiger partial charge in [0, 0.05) is 12.6 Å². The molecule has 62 valence electrons. The third-order valence-electron chi connectivity index (χ3n) is 2.82. The van der Waals surface area contributed by atoms with Crippen LogP contribution in [0.1, 0.15) is 26.2 Å². The second-order valence-electron chi connectivity index (χ2n) is 3.66. The van der Waals surface area contributed by atoms with Crippen molar-refractivity contribution < 1.29 is 0 Å². The number of hydrogen-bond donors (Lipinski definition) is 0. The Hall–Kier alpha value is 0.430. The van der Waals surface area contributed by atoms with E-state index in [9.17, 15) is 0 Å². The second-order valence-corrected chi connectivity index (χ2v) is 4.96. The van der Waals surface area contributed by atoms with Gasteiger partial charge in [-0.25, -0.2) is 0 Å². The fraction of sp³-hybridized carbons (Fsp3) is 0.778. The highest BCUT2D eigenvalue weighted by molar-refractivity contribution is 14.1. The highest BCUT2D eigenvalue weighted by Gasteiger charge is 2.28. The fourth-order valence-electron chi connectivity index (χ4n) is 2.11. The monoisotopic (exact) mass is 263 g/mol. The maximum Gasteiger partial charge on any atom is 0.0203 e. The van der Waals surface area contributed by atoms with Crippen molar-refractivity contribution in [2.75, 3.05) is 13.1 Å². The lowest BCUT2D eigenvalue weighted by atomic mass is 10.0. The van der Waals surface area contributed by atoms with Gasteiger partial charge in [-0.2, -0.15) is 0 Å². The zero-order valence-electron chi connectivity index (χ0n) is 6.94. The summed E-state index contributed by atoms with van der Waals surface area (Å²) < 4.78 is 1.62. The molecule has 2 heteroatoms. The van der Waals surface area contributed by atoms with Crippen LogP contribution in [0.4, 0.5) is 0 Å².